The molecule has 9 heteroatoms. The summed E-state index contributed by atoms with van der Waals surface area (Å²) in [4.78, 5) is 50.0. The summed E-state index contributed by atoms with van der Waals surface area (Å²) in [6.45, 7) is 5.96. The molecule has 158 valence electrons. The van der Waals surface area contributed by atoms with Crippen LogP contribution in [-0.2, 0) is 29.2 Å². The van der Waals surface area contributed by atoms with Gasteiger partial charge in [-0.1, -0.05) is 12.1 Å². The van der Waals surface area contributed by atoms with Gasteiger partial charge >= 0.3 is 11.7 Å². The van der Waals surface area contributed by atoms with Crippen LogP contribution in [-0.4, -0.2) is 32.2 Å². The monoisotopic (exact) mass is 412 g/mol. The molecule has 0 bridgehead atoms. The Kier molecular flexibility index (Phi) is 6.20. The Bertz CT molecular complexity index is 1220. The van der Waals surface area contributed by atoms with Crippen molar-refractivity contribution in [1.82, 2.24) is 13.7 Å². The molecule has 0 fully saturated rings. The first kappa shape index (κ1) is 21.1. The minimum absolute atomic E-state index is 0.129. The molecule has 30 heavy (non-hydrogen) atoms. The van der Waals surface area contributed by atoms with Crippen LogP contribution in [0.3, 0.4) is 0 Å². The zero-order valence-electron chi connectivity index (χ0n) is 17.2. The van der Waals surface area contributed by atoms with Crippen molar-refractivity contribution >= 4 is 28.6 Å². The minimum atomic E-state index is -0.528. The SMILES string of the molecule is CCOC(=O)c1ccccc1NC(=O)Cn1ccc2c(=O)n(CC)c(=O)n(CC)c21. The number of benzene rings is 1. The van der Waals surface area contributed by atoms with E-state index in [9.17, 15) is 19.2 Å². The quantitative estimate of drug-likeness (QED) is 0.596. The molecule has 0 radical (unpaired) electrons. The van der Waals surface area contributed by atoms with Crippen LogP contribution in [0.4, 0.5) is 5.69 Å². The zero-order chi connectivity index (χ0) is 21.8. The number of nitrogens with one attached hydrogen (secondary N) is 1. The Morgan fingerprint density at radius 1 is 1.00 bits per heavy atom. The molecular weight excluding hydrogens is 388 g/mol. The van der Waals surface area contributed by atoms with Crippen LogP contribution in [0.15, 0.2) is 46.1 Å². The first-order chi connectivity index (χ1) is 14.4. The molecule has 0 saturated heterocycles. The van der Waals surface area contributed by atoms with Gasteiger partial charge in [-0.05, 0) is 39.0 Å². The molecule has 0 aliphatic heterocycles. The summed E-state index contributed by atoms with van der Waals surface area (Å²) in [7, 11) is 0. The number of hydrogen-bond donors (Lipinski definition) is 1. The average Bonchev–Trinajstić information content (AvgIpc) is 3.13. The Morgan fingerprint density at radius 2 is 1.70 bits per heavy atom. The lowest BCUT2D eigenvalue weighted by Crippen LogP contribution is -2.39. The van der Waals surface area contributed by atoms with Crippen molar-refractivity contribution in [3.63, 3.8) is 0 Å². The van der Waals surface area contributed by atoms with Crippen LogP contribution >= 0.6 is 0 Å². The lowest BCUT2D eigenvalue weighted by Gasteiger charge is -2.14. The second-order valence-electron chi connectivity index (χ2n) is 6.57. The first-order valence-electron chi connectivity index (χ1n) is 9.81. The molecule has 3 aromatic rings. The number of rotatable bonds is 7. The number of aromatic nitrogens is 3. The molecule has 2 aromatic heterocycles. The van der Waals surface area contributed by atoms with Crippen molar-refractivity contribution < 1.29 is 14.3 Å². The average molecular weight is 412 g/mol. The number of fused-ring (bicyclic) bond motifs is 1. The van der Waals surface area contributed by atoms with Crippen molar-refractivity contribution in [2.45, 2.75) is 40.4 Å². The Hall–Kier alpha value is -3.62. The minimum Gasteiger partial charge on any atom is -0.462 e. The highest BCUT2D eigenvalue weighted by Crippen LogP contribution is 2.17. The summed E-state index contributed by atoms with van der Waals surface area (Å²) in [5, 5.41) is 3.08. The van der Waals surface area contributed by atoms with E-state index in [4.69, 9.17) is 4.74 Å². The van der Waals surface area contributed by atoms with Crippen LogP contribution < -0.4 is 16.6 Å². The molecule has 0 aliphatic carbocycles. The van der Waals surface area contributed by atoms with E-state index in [1.807, 2.05) is 0 Å². The summed E-state index contributed by atoms with van der Waals surface area (Å²) >= 11 is 0. The van der Waals surface area contributed by atoms with Gasteiger partial charge in [-0.25, -0.2) is 9.59 Å². The maximum atomic E-state index is 12.7. The van der Waals surface area contributed by atoms with E-state index < -0.39 is 17.6 Å². The Labute approximate surface area is 172 Å². The molecule has 3 rings (SSSR count). The van der Waals surface area contributed by atoms with Crippen LogP contribution in [0.1, 0.15) is 31.1 Å². The van der Waals surface area contributed by atoms with Gasteiger partial charge in [0.25, 0.3) is 5.56 Å². The molecular formula is C21H24N4O5. The summed E-state index contributed by atoms with van der Waals surface area (Å²) < 4.78 is 9.23. The van der Waals surface area contributed by atoms with Gasteiger partial charge in [0, 0.05) is 19.3 Å². The number of ether oxygens (including phenoxy) is 1. The number of para-hydroxylation sites is 1. The van der Waals surface area contributed by atoms with Gasteiger partial charge in [0.15, 0.2) is 0 Å². The maximum absolute atomic E-state index is 12.7. The molecule has 0 unspecified atom stereocenters. The predicted octanol–water partition coefficient (Wildman–Crippen LogP) is 1.82. The number of nitrogens with zero attached hydrogens (tertiary/aromatic N) is 3. The lowest BCUT2D eigenvalue weighted by atomic mass is 10.2. The highest BCUT2D eigenvalue weighted by atomic mass is 16.5. The van der Waals surface area contributed by atoms with Crippen molar-refractivity contribution in [3.05, 3.63) is 62.9 Å². The van der Waals surface area contributed by atoms with E-state index in [2.05, 4.69) is 5.32 Å². The van der Waals surface area contributed by atoms with Crippen molar-refractivity contribution in [1.29, 1.82) is 0 Å². The summed E-state index contributed by atoms with van der Waals surface area (Å²) in [6.07, 6.45) is 1.61. The fourth-order valence-corrected chi connectivity index (χ4v) is 3.42. The van der Waals surface area contributed by atoms with Gasteiger partial charge in [0.2, 0.25) is 5.91 Å². The first-order valence-corrected chi connectivity index (χ1v) is 9.81. The molecule has 0 saturated carbocycles. The van der Waals surface area contributed by atoms with Crippen LogP contribution in [0.5, 0.6) is 0 Å². The van der Waals surface area contributed by atoms with E-state index in [1.54, 1.807) is 61.9 Å². The Balaban J connectivity index is 1.95. The van der Waals surface area contributed by atoms with Gasteiger partial charge in [-0.2, -0.15) is 0 Å². The van der Waals surface area contributed by atoms with Crippen molar-refractivity contribution in [2.75, 3.05) is 11.9 Å². The molecule has 0 spiro atoms. The second kappa shape index (κ2) is 8.81. The van der Waals surface area contributed by atoms with Crippen molar-refractivity contribution in [2.24, 2.45) is 0 Å². The third kappa shape index (κ3) is 3.78. The Morgan fingerprint density at radius 3 is 2.37 bits per heavy atom. The number of esters is 1. The van der Waals surface area contributed by atoms with Gasteiger partial charge in [0.1, 0.15) is 12.2 Å². The fourth-order valence-electron chi connectivity index (χ4n) is 3.42. The van der Waals surface area contributed by atoms with E-state index in [0.29, 0.717) is 23.3 Å². The van der Waals surface area contributed by atoms with Gasteiger partial charge in [-0.3, -0.25) is 18.7 Å². The second-order valence-corrected chi connectivity index (χ2v) is 6.57. The molecule has 0 atom stereocenters. The van der Waals surface area contributed by atoms with Gasteiger partial charge in [0.05, 0.1) is 23.2 Å². The topological polar surface area (TPSA) is 104 Å². The largest absolute Gasteiger partial charge is 0.462 e. The highest BCUT2D eigenvalue weighted by Gasteiger charge is 2.18. The molecule has 2 heterocycles. The van der Waals surface area contributed by atoms with Crippen LogP contribution in [0.25, 0.3) is 11.0 Å². The zero-order valence-corrected chi connectivity index (χ0v) is 17.2. The third-order valence-electron chi connectivity index (χ3n) is 4.77. The normalized spacial score (nSPS) is 10.9. The lowest BCUT2D eigenvalue weighted by molar-refractivity contribution is -0.116. The number of aryl methyl sites for hydroxylation is 1. The maximum Gasteiger partial charge on any atom is 0.340 e. The number of amides is 1. The van der Waals surface area contributed by atoms with Crippen LogP contribution in [0.2, 0.25) is 0 Å². The molecule has 1 aromatic carbocycles. The molecule has 1 N–H and O–H groups in total. The number of anilines is 1. The third-order valence-corrected chi connectivity index (χ3v) is 4.77. The summed E-state index contributed by atoms with van der Waals surface area (Å²) in [6, 6.07) is 8.17. The highest BCUT2D eigenvalue weighted by molar-refractivity contribution is 6.01. The fraction of sp³-hybridized carbons (Fsp3) is 0.333. The number of carbonyl (C=O) groups excluding carboxylic acids is 2. The van der Waals surface area contributed by atoms with E-state index in [-0.39, 0.29) is 30.8 Å². The summed E-state index contributed by atoms with van der Waals surface area (Å²) in [5.41, 5.74) is 0.186. The summed E-state index contributed by atoms with van der Waals surface area (Å²) in [5.74, 6) is -0.932. The smallest absolute Gasteiger partial charge is 0.340 e. The predicted molar refractivity (Wildman–Crippen MR) is 113 cm³/mol. The van der Waals surface area contributed by atoms with Gasteiger partial charge < -0.3 is 14.6 Å². The number of carbonyl (C=O) groups is 2. The van der Waals surface area contributed by atoms with E-state index in [0.717, 1.165) is 0 Å². The standard InChI is InChI=1S/C21H24N4O5/c1-4-24-18-15(19(27)25(5-2)21(24)29)11-12-23(18)13-17(26)22-16-10-8-7-9-14(16)20(28)30-6-3/h7-12H,4-6,13H2,1-3H3,(H,22,26). The van der Waals surface area contributed by atoms with E-state index >= 15 is 0 Å². The van der Waals surface area contributed by atoms with Gasteiger partial charge in [-0.15, -0.1) is 0 Å². The van der Waals surface area contributed by atoms with Crippen molar-refractivity contribution in [3.8, 4) is 0 Å². The number of hydrogen-bond acceptors (Lipinski definition) is 5. The van der Waals surface area contributed by atoms with Crippen LogP contribution in [0, 0.1) is 0 Å². The molecule has 1 amide bonds. The molecule has 0 aliphatic rings. The van der Waals surface area contributed by atoms with E-state index in [1.165, 1.54) is 9.13 Å². The molecule has 9 nitrogen and oxygen atoms in total.